The first-order valence-electron chi connectivity index (χ1n) is 9.48. The lowest BCUT2D eigenvalue weighted by Gasteiger charge is -2.12. The molecule has 0 atom stereocenters. The van der Waals surface area contributed by atoms with Crippen LogP contribution in [0.3, 0.4) is 0 Å². The molecule has 1 aromatic carbocycles. The Morgan fingerprint density at radius 1 is 0.967 bits per heavy atom. The van der Waals surface area contributed by atoms with E-state index < -0.39 is 0 Å². The fourth-order valence-electron chi connectivity index (χ4n) is 2.69. The number of hydrogen-bond acceptors (Lipinski definition) is 7. The average molecular weight is 407 g/mol. The third kappa shape index (κ3) is 6.06. The van der Waals surface area contributed by atoms with Gasteiger partial charge in [0, 0.05) is 31.0 Å². The van der Waals surface area contributed by atoms with Gasteiger partial charge in [-0.2, -0.15) is 0 Å². The number of carbonyl (C=O) groups excluding carboxylic acids is 1. The van der Waals surface area contributed by atoms with Crippen molar-refractivity contribution in [3.63, 3.8) is 0 Å². The summed E-state index contributed by atoms with van der Waals surface area (Å²) in [6.45, 7) is 4.84. The Morgan fingerprint density at radius 3 is 2.53 bits per heavy atom. The van der Waals surface area contributed by atoms with E-state index in [1.165, 1.54) is 6.33 Å². The highest BCUT2D eigenvalue weighted by molar-refractivity contribution is 5.90. The summed E-state index contributed by atoms with van der Waals surface area (Å²) in [7, 11) is 1.61. The highest BCUT2D eigenvalue weighted by Gasteiger charge is 2.05. The van der Waals surface area contributed by atoms with Gasteiger partial charge in [-0.15, -0.1) is 0 Å². The molecular formula is C21H25N7O2. The van der Waals surface area contributed by atoms with E-state index in [2.05, 4.69) is 36.2 Å². The standard InChI is InChI=1S/C21H25N7O2/c1-14-6-7-22-19(10-14)28-20-12-18(25-13-26-20)23-8-9-24-21(29)27-17-5-4-16(30-3)11-15(17)2/h4-7,10-13H,8-9H2,1-3H3,(H2,24,27,29)(H2,22,23,25,26,28). The molecule has 0 saturated carbocycles. The van der Waals surface area contributed by atoms with Gasteiger partial charge in [-0.25, -0.2) is 19.7 Å². The second-order valence-corrected chi connectivity index (χ2v) is 6.62. The SMILES string of the molecule is COc1ccc(NC(=O)NCCNc2cc(Nc3cc(C)ccn3)ncn2)c(C)c1. The lowest BCUT2D eigenvalue weighted by molar-refractivity contribution is 0.252. The number of anilines is 4. The first kappa shape index (κ1) is 20.8. The van der Waals surface area contributed by atoms with Gasteiger partial charge in [0.05, 0.1) is 7.11 Å². The Morgan fingerprint density at radius 2 is 1.77 bits per heavy atom. The minimum Gasteiger partial charge on any atom is -0.497 e. The maximum atomic E-state index is 12.1. The molecule has 9 heteroatoms. The molecule has 2 heterocycles. The molecule has 9 nitrogen and oxygen atoms in total. The molecule has 30 heavy (non-hydrogen) atoms. The van der Waals surface area contributed by atoms with Crippen LogP contribution in [0, 0.1) is 13.8 Å². The van der Waals surface area contributed by atoms with Crippen LogP contribution in [0.4, 0.5) is 27.9 Å². The monoisotopic (exact) mass is 407 g/mol. The second-order valence-electron chi connectivity index (χ2n) is 6.62. The zero-order valence-electron chi connectivity index (χ0n) is 17.2. The summed E-state index contributed by atoms with van der Waals surface area (Å²) in [5.41, 5.74) is 2.76. The van der Waals surface area contributed by atoms with Crippen molar-refractivity contribution in [1.29, 1.82) is 0 Å². The van der Waals surface area contributed by atoms with Crippen LogP contribution in [-0.4, -0.2) is 41.2 Å². The number of aromatic nitrogens is 3. The molecule has 0 aliphatic heterocycles. The third-order valence-corrected chi connectivity index (χ3v) is 4.24. The summed E-state index contributed by atoms with van der Waals surface area (Å²) in [6.07, 6.45) is 3.20. The molecule has 0 aliphatic rings. The number of pyridine rings is 1. The van der Waals surface area contributed by atoms with Gasteiger partial charge in [-0.05, 0) is 55.3 Å². The van der Waals surface area contributed by atoms with Crippen LogP contribution in [0.5, 0.6) is 5.75 Å². The first-order valence-corrected chi connectivity index (χ1v) is 9.48. The maximum Gasteiger partial charge on any atom is 0.319 e. The Labute approximate surface area is 175 Å². The Balaban J connectivity index is 1.44. The molecule has 0 saturated heterocycles. The van der Waals surface area contributed by atoms with Crippen LogP contribution in [0.25, 0.3) is 0 Å². The highest BCUT2D eigenvalue weighted by atomic mass is 16.5. The minimum atomic E-state index is -0.277. The lowest BCUT2D eigenvalue weighted by atomic mass is 10.2. The van der Waals surface area contributed by atoms with Gasteiger partial charge in [0.15, 0.2) is 0 Å². The van der Waals surface area contributed by atoms with Crippen LogP contribution in [-0.2, 0) is 0 Å². The van der Waals surface area contributed by atoms with E-state index in [1.807, 2.05) is 38.1 Å². The number of nitrogens with zero attached hydrogens (tertiary/aromatic N) is 3. The van der Waals surface area contributed by atoms with E-state index in [0.717, 1.165) is 22.6 Å². The summed E-state index contributed by atoms with van der Waals surface area (Å²) in [5, 5.41) is 11.9. The van der Waals surface area contributed by atoms with Gasteiger partial charge < -0.3 is 26.0 Å². The van der Waals surface area contributed by atoms with Gasteiger partial charge in [0.25, 0.3) is 0 Å². The van der Waals surface area contributed by atoms with E-state index in [0.29, 0.717) is 30.5 Å². The minimum absolute atomic E-state index is 0.277. The van der Waals surface area contributed by atoms with Gasteiger partial charge in [-0.3, -0.25) is 0 Å². The molecule has 0 bridgehead atoms. The Kier molecular flexibility index (Phi) is 6.99. The van der Waals surface area contributed by atoms with Crippen molar-refractivity contribution >= 4 is 29.2 Å². The van der Waals surface area contributed by atoms with E-state index >= 15 is 0 Å². The number of rotatable bonds is 8. The average Bonchev–Trinajstić information content (AvgIpc) is 2.73. The fraction of sp³-hybridized carbons (Fsp3) is 0.238. The molecule has 3 aromatic rings. The summed E-state index contributed by atoms with van der Waals surface area (Å²) >= 11 is 0. The van der Waals surface area contributed by atoms with Crippen molar-refractivity contribution in [3.8, 4) is 5.75 Å². The number of benzene rings is 1. The molecule has 156 valence electrons. The van der Waals surface area contributed by atoms with Crippen molar-refractivity contribution in [2.24, 2.45) is 0 Å². The summed E-state index contributed by atoms with van der Waals surface area (Å²) in [5.74, 6) is 2.74. The summed E-state index contributed by atoms with van der Waals surface area (Å²) in [4.78, 5) is 24.7. The third-order valence-electron chi connectivity index (χ3n) is 4.24. The van der Waals surface area contributed by atoms with Crippen molar-refractivity contribution in [2.45, 2.75) is 13.8 Å². The number of methoxy groups -OCH3 is 1. The number of ether oxygens (including phenoxy) is 1. The Hall–Kier alpha value is -3.88. The largest absolute Gasteiger partial charge is 0.497 e. The van der Waals surface area contributed by atoms with Crippen LogP contribution < -0.4 is 26.0 Å². The summed E-state index contributed by atoms with van der Waals surface area (Å²) in [6, 6.07) is 10.8. The smallest absolute Gasteiger partial charge is 0.319 e. The van der Waals surface area contributed by atoms with Gasteiger partial charge >= 0.3 is 6.03 Å². The number of amides is 2. The van der Waals surface area contributed by atoms with Crippen molar-refractivity contribution in [2.75, 3.05) is 36.1 Å². The zero-order chi connectivity index (χ0) is 21.3. The fourth-order valence-corrected chi connectivity index (χ4v) is 2.69. The number of urea groups is 1. The van der Waals surface area contributed by atoms with E-state index in [-0.39, 0.29) is 6.03 Å². The molecule has 0 radical (unpaired) electrons. The van der Waals surface area contributed by atoms with E-state index in [1.54, 1.807) is 25.4 Å². The van der Waals surface area contributed by atoms with Crippen LogP contribution in [0.1, 0.15) is 11.1 Å². The van der Waals surface area contributed by atoms with Crippen LogP contribution >= 0.6 is 0 Å². The second kappa shape index (κ2) is 10.1. The molecule has 2 amide bonds. The highest BCUT2D eigenvalue weighted by Crippen LogP contribution is 2.20. The maximum absolute atomic E-state index is 12.1. The molecule has 0 fully saturated rings. The normalized spacial score (nSPS) is 10.2. The molecule has 0 spiro atoms. The van der Waals surface area contributed by atoms with Crippen molar-refractivity contribution < 1.29 is 9.53 Å². The van der Waals surface area contributed by atoms with Crippen LogP contribution in [0.15, 0.2) is 48.9 Å². The van der Waals surface area contributed by atoms with E-state index in [9.17, 15) is 4.79 Å². The van der Waals surface area contributed by atoms with Gasteiger partial charge in [0.2, 0.25) is 0 Å². The molecule has 0 aliphatic carbocycles. The molecular weight excluding hydrogens is 382 g/mol. The number of hydrogen-bond donors (Lipinski definition) is 4. The van der Waals surface area contributed by atoms with Crippen LogP contribution in [0.2, 0.25) is 0 Å². The van der Waals surface area contributed by atoms with Gasteiger partial charge in [0.1, 0.15) is 29.5 Å². The molecule has 4 N–H and O–H groups in total. The molecule has 2 aromatic heterocycles. The molecule has 3 rings (SSSR count). The van der Waals surface area contributed by atoms with E-state index in [4.69, 9.17) is 4.74 Å². The molecule has 0 unspecified atom stereocenters. The number of nitrogens with one attached hydrogen (secondary N) is 4. The van der Waals surface area contributed by atoms with Crippen molar-refractivity contribution in [1.82, 2.24) is 20.3 Å². The zero-order valence-corrected chi connectivity index (χ0v) is 17.2. The van der Waals surface area contributed by atoms with Gasteiger partial charge in [-0.1, -0.05) is 0 Å². The number of carbonyl (C=O) groups is 1. The topological polar surface area (TPSA) is 113 Å². The predicted molar refractivity (Wildman–Crippen MR) is 118 cm³/mol. The Bertz CT molecular complexity index is 1010. The lowest BCUT2D eigenvalue weighted by Crippen LogP contribution is -2.32. The summed E-state index contributed by atoms with van der Waals surface area (Å²) < 4.78 is 5.17. The quantitative estimate of drug-likeness (QED) is 0.423. The number of aryl methyl sites for hydroxylation is 2. The predicted octanol–water partition coefficient (Wildman–Crippen LogP) is 3.47. The first-order chi connectivity index (χ1) is 14.5. The van der Waals surface area contributed by atoms with Crippen molar-refractivity contribution in [3.05, 3.63) is 60.0 Å².